The number of aryl methyl sites for hydroxylation is 1. The highest BCUT2D eigenvalue weighted by molar-refractivity contribution is 5.79. The molecule has 0 amide bonds. The molecule has 0 fully saturated rings. The predicted molar refractivity (Wildman–Crippen MR) is 83.7 cm³/mol. The second-order valence-electron chi connectivity index (χ2n) is 5.13. The van der Waals surface area contributed by atoms with Gasteiger partial charge in [0.2, 0.25) is 0 Å². The van der Waals surface area contributed by atoms with Crippen LogP contribution in [0.5, 0.6) is 0 Å². The van der Waals surface area contributed by atoms with Gasteiger partial charge in [0.05, 0.1) is 17.4 Å². The van der Waals surface area contributed by atoms with Crippen LogP contribution in [0.4, 0.5) is 11.4 Å². The zero-order chi connectivity index (χ0) is 14.1. The summed E-state index contributed by atoms with van der Waals surface area (Å²) in [6.07, 6.45) is 1.84. The highest BCUT2D eigenvalue weighted by Gasteiger charge is 2.05. The van der Waals surface area contributed by atoms with E-state index in [1.165, 1.54) is 5.56 Å². The van der Waals surface area contributed by atoms with E-state index in [9.17, 15) is 0 Å². The number of nitrogens with two attached hydrogens (primary N) is 1. The Morgan fingerprint density at radius 2 is 1.90 bits per heavy atom. The summed E-state index contributed by atoms with van der Waals surface area (Å²) in [5.74, 6) is 0. The van der Waals surface area contributed by atoms with Gasteiger partial charge in [0.15, 0.2) is 0 Å². The standard InChI is InChI=1S/C16H18N4/c1-19(10-12-3-5-13(17)6-4-12)14-7-8-16-15(9-14)18-11-20(16)2/h3-9,11H,10,17H2,1-2H3. The molecule has 0 saturated carbocycles. The van der Waals surface area contributed by atoms with Crippen molar-refractivity contribution in [1.82, 2.24) is 9.55 Å². The van der Waals surface area contributed by atoms with Gasteiger partial charge in [0.25, 0.3) is 0 Å². The van der Waals surface area contributed by atoms with Crippen molar-refractivity contribution in [3.63, 3.8) is 0 Å². The summed E-state index contributed by atoms with van der Waals surface area (Å²) >= 11 is 0. The lowest BCUT2D eigenvalue weighted by atomic mass is 10.2. The van der Waals surface area contributed by atoms with Crippen molar-refractivity contribution in [1.29, 1.82) is 0 Å². The van der Waals surface area contributed by atoms with Gasteiger partial charge in [0, 0.05) is 32.0 Å². The third-order valence-electron chi connectivity index (χ3n) is 3.55. The zero-order valence-electron chi connectivity index (χ0n) is 11.7. The maximum atomic E-state index is 5.71. The summed E-state index contributed by atoms with van der Waals surface area (Å²) in [5, 5.41) is 0. The van der Waals surface area contributed by atoms with Crippen LogP contribution < -0.4 is 10.6 Å². The monoisotopic (exact) mass is 266 g/mol. The summed E-state index contributed by atoms with van der Waals surface area (Å²) in [4.78, 5) is 6.61. The molecule has 20 heavy (non-hydrogen) atoms. The molecule has 1 aromatic heterocycles. The normalized spacial score (nSPS) is 10.9. The van der Waals surface area contributed by atoms with Crippen LogP contribution in [0.2, 0.25) is 0 Å². The van der Waals surface area contributed by atoms with Crippen molar-refractivity contribution in [3.8, 4) is 0 Å². The number of benzene rings is 2. The highest BCUT2D eigenvalue weighted by atomic mass is 15.1. The van der Waals surface area contributed by atoms with Crippen molar-refractivity contribution in [2.45, 2.75) is 6.54 Å². The number of imidazole rings is 1. The first-order chi connectivity index (χ1) is 9.63. The summed E-state index contributed by atoms with van der Waals surface area (Å²) in [6.45, 7) is 0.846. The zero-order valence-corrected chi connectivity index (χ0v) is 11.7. The van der Waals surface area contributed by atoms with Crippen LogP contribution in [0.3, 0.4) is 0 Å². The minimum atomic E-state index is 0.798. The maximum absolute atomic E-state index is 5.71. The third-order valence-corrected chi connectivity index (χ3v) is 3.55. The number of anilines is 2. The molecule has 0 saturated heterocycles. The molecule has 4 heteroatoms. The number of nitrogen functional groups attached to an aromatic ring is 1. The average molecular weight is 266 g/mol. The molecule has 0 spiro atoms. The molecule has 3 rings (SSSR count). The van der Waals surface area contributed by atoms with Gasteiger partial charge in [-0.25, -0.2) is 4.98 Å². The third kappa shape index (κ3) is 2.32. The Hall–Kier alpha value is -2.49. The van der Waals surface area contributed by atoms with Gasteiger partial charge in [-0.1, -0.05) is 12.1 Å². The van der Waals surface area contributed by atoms with Crippen LogP contribution in [0.1, 0.15) is 5.56 Å². The van der Waals surface area contributed by atoms with E-state index in [0.29, 0.717) is 0 Å². The van der Waals surface area contributed by atoms with Crippen LogP contribution in [0, 0.1) is 0 Å². The molecule has 0 aliphatic rings. The van der Waals surface area contributed by atoms with Gasteiger partial charge in [-0.2, -0.15) is 0 Å². The second-order valence-corrected chi connectivity index (χ2v) is 5.13. The topological polar surface area (TPSA) is 47.1 Å². The molecule has 0 radical (unpaired) electrons. The summed E-state index contributed by atoms with van der Waals surface area (Å²) in [7, 11) is 4.09. The van der Waals surface area contributed by atoms with Crippen molar-refractivity contribution in [2.75, 3.05) is 17.7 Å². The van der Waals surface area contributed by atoms with Crippen molar-refractivity contribution >= 4 is 22.4 Å². The fourth-order valence-corrected chi connectivity index (χ4v) is 2.35. The van der Waals surface area contributed by atoms with E-state index in [-0.39, 0.29) is 0 Å². The molecule has 0 aliphatic carbocycles. The van der Waals surface area contributed by atoms with Crippen molar-refractivity contribution in [2.24, 2.45) is 7.05 Å². The van der Waals surface area contributed by atoms with Crippen LogP contribution in [0.25, 0.3) is 11.0 Å². The van der Waals surface area contributed by atoms with Gasteiger partial charge in [0.1, 0.15) is 0 Å². The van der Waals surface area contributed by atoms with E-state index >= 15 is 0 Å². The Balaban J connectivity index is 1.84. The predicted octanol–water partition coefficient (Wildman–Crippen LogP) is 2.79. The largest absolute Gasteiger partial charge is 0.399 e. The highest BCUT2D eigenvalue weighted by Crippen LogP contribution is 2.21. The summed E-state index contributed by atoms with van der Waals surface area (Å²) in [5.41, 5.74) is 11.1. The fourth-order valence-electron chi connectivity index (χ4n) is 2.35. The van der Waals surface area contributed by atoms with E-state index in [1.807, 2.05) is 30.1 Å². The first-order valence-corrected chi connectivity index (χ1v) is 6.60. The number of nitrogens with zero attached hydrogens (tertiary/aromatic N) is 3. The number of aromatic nitrogens is 2. The summed E-state index contributed by atoms with van der Waals surface area (Å²) < 4.78 is 2.03. The number of rotatable bonds is 3. The van der Waals surface area contributed by atoms with E-state index in [0.717, 1.165) is 29.0 Å². The van der Waals surface area contributed by atoms with E-state index < -0.39 is 0 Å². The molecule has 0 atom stereocenters. The molecule has 102 valence electrons. The first kappa shape index (κ1) is 12.5. The van der Waals surface area contributed by atoms with Crippen molar-refractivity contribution in [3.05, 3.63) is 54.4 Å². The number of fused-ring (bicyclic) bond motifs is 1. The Bertz CT molecular complexity index is 728. The molecule has 0 aliphatic heterocycles. The van der Waals surface area contributed by atoms with E-state index in [1.54, 1.807) is 0 Å². The molecule has 4 nitrogen and oxygen atoms in total. The van der Waals surface area contributed by atoms with Crippen molar-refractivity contribution < 1.29 is 0 Å². The average Bonchev–Trinajstić information content (AvgIpc) is 2.82. The Labute approximate surface area is 118 Å². The maximum Gasteiger partial charge on any atom is 0.0955 e. The lowest BCUT2D eigenvalue weighted by Gasteiger charge is -2.19. The molecule has 0 bridgehead atoms. The van der Waals surface area contributed by atoms with Crippen LogP contribution >= 0.6 is 0 Å². The second kappa shape index (κ2) is 4.89. The van der Waals surface area contributed by atoms with Crippen LogP contribution in [0.15, 0.2) is 48.8 Å². The number of hydrogen-bond acceptors (Lipinski definition) is 3. The van der Waals surface area contributed by atoms with Gasteiger partial charge < -0.3 is 15.2 Å². The molecule has 3 aromatic rings. The summed E-state index contributed by atoms with van der Waals surface area (Å²) in [6, 6.07) is 14.3. The van der Waals surface area contributed by atoms with Gasteiger partial charge >= 0.3 is 0 Å². The molecule has 2 N–H and O–H groups in total. The first-order valence-electron chi connectivity index (χ1n) is 6.60. The van der Waals surface area contributed by atoms with E-state index in [2.05, 4.69) is 47.3 Å². The number of hydrogen-bond donors (Lipinski definition) is 1. The van der Waals surface area contributed by atoms with Gasteiger partial charge in [-0.05, 0) is 35.9 Å². The molecular formula is C16H18N4. The molecule has 0 unspecified atom stereocenters. The van der Waals surface area contributed by atoms with Gasteiger partial charge in [-0.3, -0.25) is 0 Å². The fraction of sp³-hybridized carbons (Fsp3) is 0.188. The Morgan fingerprint density at radius 3 is 2.65 bits per heavy atom. The van der Waals surface area contributed by atoms with Crippen LogP contribution in [-0.4, -0.2) is 16.6 Å². The molecule has 1 heterocycles. The molecule has 2 aromatic carbocycles. The minimum absolute atomic E-state index is 0.798. The lowest BCUT2D eigenvalue weighted by molar-refractivity contribution is 0.923. The quantitative estimate of drug-likeness (QED) is 0.741. The van der Waals surface area contributed by atoms with Crippen LogP contribution in [-0.2, 0) is 13.6 Å². The van der Waals surface area contributed by atoms with Gasteiger partial charge in [-0.15, -0.1) is 0 Å². The van der Waals surface area contributed by atoms with E-state index in [4.69, 9.17) is 5.73 Å². The molecular weight excluding hydrogens is 248 g/mol. The Kier molecular flexibility index (Phi) is 3.06. The lowest BCUT2D eigenvalue weighted by Crippen LogP contribution is -2.16. The Morgan fingerprint density at radius 1 is 1.15 bits per heavy atom. The SMILES string of the molecule is CN(Cc1ccc(N)cc1)c1ccc2c(c1)ncn2C. The minimum Gasteiger partial charge on any atom is -0.399 e. The smallest absolute Gasteiger partial charge is 0.0955 e.